The van der Waals surface area contributed by atoms with Gasteiger partial charge in [0.25, 0.3) is 0 Å². The fourth-order valence-electron chi connectivity index (χ4n) is 3.97. The Hall–Kier alpha value is -2.04. The van der Waals surface area contributed by atoms with Crippen LogP contribution in [0.2, 0.25) is 0 Å². The largest absolute Gasteiger partial charge is 0.374 e. The van der Waals surface area contributed by atoms with Gasteiger partial charge in [-0.3, -0.25) is 9.59 Å². The van der Waals surface area contributed by atoms with Crippen LogP contribution in [0.3, 0.4) is 0 Å². The van der Waals surface area contributed by atoms with E-state index in [1.165, 1.54) is 17.7 Å². The van der Waals surface area contributed by atoms with Crippen molar-refractivity contribution in [3.63, 3.8) is 0 Å². The Bertz CT molecular complexity index is 693. The number of hydrogen-bond acceptors (Lipinski definition) is 3. The standard InChI is InChI=1S/C21H31N3O2/c1-21(2,3)20(26)24-12-6-8-18(24)19(25)22-14-15-9-10-17-16(13-15)7-5-11-23(17)4/h9-10,13,18H,5-8,11-12,14H2,1-4H3,(H,22,25). The lowest BCUT2D eigenvalue weighted by Gasteiger charge is -2.30. The first-order valence-corrected chi connectivity index (χ1v) is 9.69. The van der Waals surface area contributed by atoms with Crippen LogP contribution in [0.25, 0.3) is 0 Å². The van der Waals surface area contributed by atoms with Crippen LogP contribution in [-0.4, -0.2) is 42.9 Å². The summed E-state index contributed by atoms with van der Waals surface area (Å²) < 4.78 is 0. The minimum Gasteiger partial charge on any atom is -0.374 e. The van der Waals surface area contributed by atoms with E-state index in [9.17, 15) is 9.59 Å². The van der Waals surface area contributed by atoms with Crippen LogP contribution in [0.4, 0.5) is 5.69 Å². The summed E-state index contributed by atoms with van der Waals surface area (Å²) in [5.74, 6) is 0.0295. The number of likely N-dealkylation sites (tertiary alicyclic amines) is 1. The average molecular weight is 357 g/mol. The zero-order chi connectivity index (χ0) is 18.9. The van der Waals surface area contributed by atoms with Crippen molar-refractivity contribution in [2.24, 2.45) is 5.41 Å². The Kier molecular flexibility index (Phi) is 5.26. The van der Waals surface area contributed by atoms with Gasteiger partial charge < -0.3 is 15.1 Å². The third kappa shape index (κ3) is 3.87. The molecule has 2 aliphatic heterocycles. The van der Waals surface area contributed by atoms with Crippen molar-refractivity contribution in [2.75, 3.05) is 25.0 Å². The number of rotatable bonds is 3. The number of carbonyl (C=O) groups excluding carboxylic acids is 2. The fourth-order valence-corrected chi connectivity index (χ4v) is 3.97. The molecule has 2 aliphatic rings. The second-order valence-electron chi connectivity index (χ2n) is 8.61. The smallest absolute Gasteiger partial charge is 0.243 e. The number of aryl methyl sites for hydroxylation is 1. The molecule has 0 spiro atoms. The Balaban J connectivity index is 1.63. The van der Waals surface area contributed by atoms with Crippen LogP contribution in [0.5, 0.6) is 0 Å². The summed E-state index contributed by atoms with van der Waals surface area (Å²) in [6.45, 7) is 8.03. The highest BCUT2D eigenvalue weighted by Gasteiger charge is 2.38. The predicted octanol–water partition coefficient (Wildman–Crippen LogP) is 2.72. The van der Waals surface area contributed by atoms with Crippen molar-refractivity contribution in [1.82, 2.24) is 10.2 Å². The molecule has 1 aromatic rings. The third-order valence-electron chi connectivity index (χ3n) is 5.42. The van der Waals surface area contributed by atoms with Crippen LogP contribution in [0.15, 0.2) is 18.2 Å². The van der Waals surface area contributed by atoms with E-state index in [1.807, 2.05) is 20.8 Å². The molecule has 1 saturated heterocycles. The Morgan fingerprint density at radius 2 is 1.96 bits per heavy atom. The molecule has 0 saturated carbocycles. The molecule has 26 heavy (non-hydrogen) atoms. The molecule has 142 valence electrons. The monoisotopic (exact) mass is 357 g/mol. The van der Waals surface area contributed by atoms with Gasteiger partial charge in [-0.2, -0.15) is 0 Å². The van der Waals surface area contributed by atoms with Gasteiger partial charge in [0.1, 0.15) is 6.04 Å². The van der Waals surface area contributed by atoms with E-state index < -0.39 is 5.41 Å². The summed E-state index contributed by atoms with van der Waals surface area (Å²) in [6.07, 6.45) is 3.91. The number of nitrogens with one attached hydrogen (secondary N) is 1. The normalized spacial score (nSPS) is 20.1. The Morgan fingerprint density at radius 3 is 2.69 bits per heavy atom. The molecule has 1 N–H and O–H groups in total. The Morgan fingerprint density at radius 1 is 1.19 bits per heavy atom. The van der Waals surface area contributed by atoms with Gasteiger partial charge in [-0.15, -0.1) is 0 Å². The van der Waals surface area contributed by atoms with Gasteiger partial charge >= 0.3 is 0 Å². The predicted molar refractivity (Wildman–Crippen MR) is 104 cm³/mol. The molecule has 0 aliphatic carbocycles. The zero-order valence-corrected chi connectivity index (χ0v) is 16.5. The van der Waals surface area contributed by atoms with Gasteiger partial charge in [0.05, 0.1) is 0 Å². The molecule has 5 nitrogen and oxygen atoms in total. The van der Waals surface area contributed by atoms with Gasteiger partial charge in [0.2, 0.25) is 11.8 Å². The first-order chi connectivity index (χ1) is 12.3. The number of benzene rings is 1. The molecule has 0 aromatic heterocycles. The van der Waals surface area contributed by atoms with Crippen LogP contribution in [0.1, 0.15) is 51.2 Å². The maximum Gasteiger partial charge on any atom is 0.243 e. The van der Waals surface area contributed by atoms with E-state index in [4.69, 9.17) is 0 Å². The van der Waals surface area contributed by atoms with E-state index in [0.717, 1.165) is 31.4 Å². The zero-order valence-electron chi connectivity index (χ0n) is 16.5. The molecule has 1 fully saturated rings. The number of fused-ring (bicyclic) bond motifs is 1. The van der Waals surface area contributed by atoms with Gasteiger partial charge in [-0.25, -0.2) is 0 Å². The van der Waals surface area contributed by atoms with Crippen molar-refractivity contribution in [1.29, 1.82) is 0 Å². The molecule has 2 heterocycles. The number of carbonyl (C=O) groups is 2. The summed E-state index contributed by atoms with van der Waals surface area (Å²) >= 11 is 0. The molecule has 1 atom stereocenters. The SMILES string of the molecule is CN1CCCc2cc(CNC(=O)C3CCCN3C(=O)C(C)(C)C)ccc21. The highest BCUT2D eigenvalue weighted by atomic mass is 16.2. The maximum absolute atomic E-state index is 12.7. The summed E-state index contributed by atoms with van der Waals surface area (Å²) in [7, 11) is 2.13. The summed E-state index contributed by atoms with van der Waals surface area (Å²) in [5, 5.41) is 3.05. The molecule has 0 bridgehead atoms. The van der Waals surface area contributed by atoms with Crippen molar-refractivity contribution < 1.29 is 9.59 Å². The van der Waals surface area contributed by atoms with E-state index in [1.54, 1.807) is 4.90 Å². The van der Waals surface area contributed by atoms with Crippen LogP contribution in [-0.2, 0) is 22.6 Å². The highest BCUT2D eigenvalue weighted by Crippen LogP contribution is 2.27. The minimum atomic E-state index is -0.451. The van der Waals surface area contributed by atoms with Crippen molar-refractivity contribution in [3.8, 4) is 0 Å². The van der Waals surface area contributed by atoms with Crippen LogP contribution >= 0.6 is 0 Å². The first kappa shape index (κ1) is 18.7. The van der Waals surface area contributed by atoms with Gasteiger partial charge in [-0.1, -0.05) is 32.9 Å². The lowest BCUT2D eigenvalue weighted by Crippen LogP contribution is -2.49. The van der Waals surface area contributed by atoms with Crippen molar-refractivity contribution >= 4 is 17.5 Å². The number of amides is 2. The maximum atomic E-state index is 12.7. The minimum absolute atomic E-state index is 0.0325. The molecule has 2 amide bonds. The molecule has 0 radical (unpaired) electrons. The van der Waals surface area contributed by atoms with E-state index in [0.29, 0.717) is 13.1 Å². The number of anilines is 1. The van der Waals surface area contributed by atoms with Gasteiger partial charge in [-0.05, 0) is 42.9 Å². The van der Waals surface area contributed by atoms with Crippen molar-refractivity contribution in [2.45, 2.75) is 59.0 Å². The van der Waals surface area contributed by atoms with Crippen LogP contribution < -0.4 is 10.2 Å². The first-order valence-electron chi connectivity index (χ1n) is 9.69. The van der Waals surface area contributed by atoms with E-state index >= 15 is 0 Å². The molecule has 5 heteroatoms. The topological polar surface area (TPSA) is 52.7 Å². The fraction of sp³-hybridized carbons (Fsp3) is 0.619. The second-order valence-corrected chi connectivity index (χ2v) is 8.61. The average Bonchev–Trinajstić information content (AvgIpc) is 3.08. The van der Waals surface area contributed by atoms with Gasteiger partial charge in [0.15, 0.2) is 0 Å². The highest BCUT2D eigenvalue weighted by molar-refractivity contribution is 5.90. The van der Waals surface area contributed by atoms with Gasteiger partial charge in [0, 0.05) is 37.8 Å². The van der Waals surface area contributed by atoms with E-state index in [2.05, 4.69) is 35.5 Å². The van der Waals surface area contributed by atoms with Crippen LogP contribution in [0, 0.1) is 5.41 Å². The Labute approximate surface area is 156 Å². The molecule has 1 unspecified atom stereocenters. The molecular weight excluding hydrogens is 326 g/mol. The molecule has 1 aromatic carbocycles. The van der Waals surface area contributed by atoms with Crippen molar-refractivity contribution in [3.05, 3.63) is 29.3 Å². The third-order valence-corrected chi connectivity index (χ3v) is 5.42. The lowest BCUT2D eigenvalue weighted by molar-refractivity contribution is -0.144. The van der Waals surface area contributed by atoms with E-state index in [-0.39, 0.29) is 17.9 Å². The number of hydrogen-bond donors (Lipinski definition) is 1. The molecular formula is C21H31N3O2. The second kappa shape index (κ2) is 7.29. The summed E-state index contributed by atoms with van der Waals surface area (Å²) in [5.41, 5.74) is 3.33. The number of nitrogens with zero attached hydrogens (tertiary/aromatic N) is 2. The lowest BCUT2D eigenvalue weighted by atomic mass is 9.94. The summed E-state index contributed by atoms with van der Waals surface area (Å²) in [4.78, 5) is 29.3. The molecule has 3 rings (SSSR count). The quantitative estimate of drug-likeness (QED) is 0.905. The summed E-state index contributed by atoms with van der Waals surface area (Å²) in [6, 6.07) is 6.12.